The van der Waals surface area contributed by atoms with Crippen molar-refractivity contribution in [3.63, 3.8) is 0 Å². The van der Waals surface area contributed by atoms with E-state index in [1.54, 1.807) is 23.5 Å². The normalized spacial score (nSPS) is 13.2. The predicted octanol–water partition coefficient (Wildman–Crippen LogP) is 0.0210. The molecule has 0 heterocycles. The lowest BCUT2D eigenvalue weighted by molar-refractivity contribution is -0.139. The first-order chi connectivity index (χ1) is 12.0. The number of aliphatic carboxylic acids is 3. The molecule has 0 saturated heterocycles. The van der Waals surface area contributed by atoms with E-state index in [0.29, 0.717) is 25.0 Å². The summed E-state index contributed by atoms with van der Waals surface area (Å²) >= 11 is 7.02. The number of hydrogen-bond donors (Lipinski definition) is 7. The van der Waals surface area contributed by atoms with Gasteiger partial charge in [0.15, 0.2) is 0 Å². The topological polar surface area (TPSA) is 190 Å². The summed E-state index contributed by atoms with van der Waals surface area (Å²) in [6.45, 7) is 0. The van der Waals surface area contributed by atoms with Gasteiger partial charge in [-0.1, -0.05) is 0 Å². The van der Waals surface area contributed by atoms with Gasteiger partial charge >= 0.3 is 17.9 Å². The van der Waals surface area contributed by atoms with Gasteiger partial charge in [0.25, 0.3) is 0 Å². The molecule has 0 bridgehead atoms. The third-order valence-electron chi connectivity index (χ3n) is 2.66. The molecule has 0 unspecified atom stereocenters. The van der Waals surface area contributed by atoms with Crippen LogP contribution in [-0.4, -0.2) is 81.1 Å². The van der Waals surface area contributed by atoms with Crippen LogP contribution in [-0.2, 0) is 14.4 Å². The molecular weight excluding hydrogens is 402 g/mol. The van der Waals surface area contributed by atoms with Gasteiger partial charge in [-0.25, -0.2) is 0 Å². The van der Waals surface area contributed by atoms with E-state index >= 15 is 0 Å². The molecule has 9 nitrogen and oxygen atoms in total. The minimum atomic E-state index is -0.959. The fourth-order valence-corrected chi connectivity index (χ4v) is 2.26. The van der Waals surface area contributed by atoms with E-state index in [-0.39, 0.29) is 0 Å². The smallest absolute Gasteiger partial charge is 0.320 e. The molecular formula is C14H31N3O6S3. The number of carboxylic acid groups (broad SMARTS) is 3. The SMILES string of the molecule is CSCC[C@H](N)C(=O)O.CSCC[C@H](N)C(=O)O.N[C@@H](CCS)C(=O)O. The van der Waals surface area contributed by atoms with Crippen molar-refractivity contribution in [2.75, 3.05) is 29.8 Å². The Bertz CT molecular complexity index is 367. The van der Waals surface area contributed by atoms with Gasteiger partial charge in [0, 0.05) is 0 Å². The monoisotopic (exact) mass is 433 g/mol. The molecule has 26 heavy (non-hydrogen) atoms. The molecule has 0 radical (unpaired) electrons. The Morgan fingerprint density at radius 3 is 1.19 bits per heavy atom. The summed E-state index contributed by atoms with van der Waals surface area (Å²) in [5.41, 5.74) is 15.5. The summed E-state index contributed by atoms with van der Waals surface area (Å²) in [7, 11) is 0. The van der Waals surface area contributed by atoms with Crippen LogP contribution in [0.25, 0.3) is 0 Å². The van der Waals surface area contributed by atoms with Crippen LogP contribution in [0.1, 0.15) is 19.3 Å². The maximum atomic E-state index is 10.1. The van der Waals surface area contributed by atoms with E-state index in [9.17, 15) is 14.4 Å². The molecule has 0 amide bonds. The molecule has 3 atom stereocenters. The lowest BCUT2D eigenvalue weighted by Crippen LogP contribution is -2.30. The Morgan fingerprint density at radius 2 is 1.04 bits per heavy atom. The average molecular weight is 434 g/mol. The summed E-state index contributed by atoms with van der Waals surface area (Å²) < 4.78 is 0. The summed E-state index contributed by atoms with van der Waals surface area (Å²) in [5.74, 6) is -0.638. The number of thiol groups is 1. The Labute approximate surface area is 168 Å². The van der Waals surface area contributed by atoms with E-state index in [2.05, 4.69) is 12.6 Å². The Morgan fingerprint density at radius 1 is 0.769 bits per heavy atom. The van der Waals surface area contributed by atoms with E-state index < -0.39 is 36.0 Å². The van der Waals surface area contributed by atoms with E-state index in [1.165, 1.54) is 0 Å². The zero-order valence-corrected chi connectivity index (χ0v) is 17.6. The highest BCUT2D eigenvalue weighted by atomic mass is 32.2. The number of rotatable bonds is 11. The van der Waals surface area contributed by atoms with Crippen molar-refractivity contribution < 1.29 is 29.7 Å². The van der Waals surface area contributed by atoms with Crippen molar-refractivity contribution >= 4 is 54.1 Å². The Kier molecular flexibility index (Phi) is 23.9. The van der Waals surface area contributed by atoms with Crippen LogP contribution in [0, 0.1) is 0 Å². The zero-order valence-electron chi connectivity index (χ0n) is 15.0. The van der Waals surface area contributed by atoms with Crippen LogP contribution < -0.4 is 17.2 Å². The van der Waals surface area contributed by atoms with Gasteiger partial charge in [-0.05, 0) is 49.0 Å². The summed E-state index contributed by atoms with van der Waals surface area (Å²) in [4.78, 5) is 30.1. The molecule has 0 aromatic rings. The number of hydrogen-bond acceptors (Lipinski definition) is 9. The fraction of sp³-hybridized carbons (Fsp3) is 0.786. The van der Waals surface area contributed by atoms with Gasteiger partial charge in [-0.3, -0.25) is 14.4 Å². The Hall–Kier alpha value is -0.660. The lowest BCUT2D eigenvalue weighted by atomic mass is 10.2. The first-order valence-electron chi connectivity index (χ1n) is 7.58. The molecule has 0 rings (SSSR count). The minimum Gasteiger partial charge on any atom is -0.480 e. The quantitative estimate of drug-likeness (QED) is 0.217. The molecule has 0 aliphatic heterocycles. The maximum Gasteiger partial charge on any atom is 0.320 e. The highest BCUT2D eigenvalue weighted by Crippen LogP contribution is 1.98. The first kappa shape index (κ1) is 30.1. The second kappa shape index (κ2) is 20.6. The van der Waals surface area contributed by atoms with E-state index in [1.807, 2.05) is 12.5 Å². The van der Waals surface area contributed by atoms with Crippen molar-refractivity contribution in [1.29, 1.82) is 0 Å². The average Bonchev–Trinajstić information content (AvgIpc) is 2.58. The van der Waals surface area contributed by atoms with Crippen LogP contribution >= 0.6 is 36.2 Å². The van der Waals surface area contributed by atoms with Crippen molar-refractivity contribution in [3.05, 3.63) is 0 Å². The summed E-state index contributed by atoms with van der Waals surface area (Å²) in [5, 5.41) is 24.7. The van der Waals surface area contributed by atoms with E-state index in [4.69, 9.17) is 32.5 Å². The molecule has 12 heteroatoms. The molecule has 0 fully saturated rings. The largest absolute Gasteiger partial charge is 0.480 e. The van der Waals surface area contributed by atoms with Crippen LogP contribution in [0.2, 0.25) is 0 Å². The van der Waals surface area contributed by atoms with Crippen LogP contribution in [0.3, 0.4) is 0 Å². The molecule has 0 saturated carbocycles. The van der Waals surface area contributed by atoms with Crippen LogP contribution in [0.15, 0.2) is 0 Å². The molecule has 0 spiro atoms. The second-order valence-electron chi connectivity index (χ2n) is 4.91. The summed E-state index contributed by atoms with van der Waals surface area (Å²) in [6.07, 6.45) is 5.38. The molecule has 9 N–H and O–H groups in total. The third kappa shape index (κ3) is 23.3. The molecule has 0 aliphatic rings. The van der Waals surface area contributed by atoms with Gasteiger partial charge < -0.3 is 32.5 Å². The van der Waals surface area contributed by atoms with Crippen molar-refractivity contribution in [3.8, 4) is 0 Å². The van der Waals surface area contributed by atoms with Crippen LogP contribution in [0.5, 0.6) is 0 Å². The fourth-order valence-electron chi connectivity index (χ4n) is 0.999. The van der Waals surface area contributed by atoms with Gasteiger partial charge in [-0.2, -0.15) is 36.2 Å². The lowest BCUT2D eigenvalue weighted by Gasteiger charge is -2.02. The molecule has 0 aromatic heterocycles. The highest BCUT2D eigenvalue weighted by Gasteiger charge is 2.10. The third-order valence-corrected chi connectivity index (χ3v) is 4.20. The number of thioether (sulfide) groups is 2. The molecule has 156 valence electrons. The second-order valence-corrected chi connectivity index (χ2v) is 7.33. The van der Waals surface area contributed by atoms with Crippen molar-refractivity contribution in [2.24, 2.45) is 17.2 Å². The highest BCUT2D eigenvalue weighted by molar-refractivity contribution is 7.98. The maximum absolute atomic E-state index is 10.1. The van der Waals surface area contributed by atoms with Gasteiger partial charge in [-0.15, -0.1) is 0 Å². The summed E-state index contributed by atoms with van der Waals surface area (Å²) in [6, 6.07) is -2.11. The zero-order chi connectivity index (χ0) is 21.1. The standard InChI is InChI=1S/2C5H11NO2S.C4H9NO2S/c2*1-9-3-2-4(6)5(7)8;5-3(1-2-8)4(6)7/h2*4H,2-3,6H2,1H3,(H,7,8);3,8H,1-2,5H2,(H,6,7)/t2*4-;3-/m000/s1. The first-order valence-corrected chi connectivity index (χ1v) is 11.0. The number of carbonyl (C=O) groups is 3. The van der Waals surface area contributed by atoms with Gasteiger partial charge in [0.1, 0.15) is 18.1 Å². The molecule has 0 aromatic carbocycles. The van der Waals surface area contributed by atoms with Crippen molar-refractivity contribution in [2.45, 2.75) is 37.4 Å². The number of carboxylic acids is 3. The number of nitrogens with two attached hydrogens (primary N) is 3. The molecule has 0 aliphatic carbocycles. The van der Waals surface area contributed by atoms with E-state index in [0.717, 1.165) is 11.5 Å². The van der Waals surface area contributed by atoms with Crippen LogP contribution in [0.4, 0.5) is 0 Å². The predicted molar refractivity (Wildman–Crippen MR) is 111 cm³/mol. The minimum absolute atomic E-state index is 0.429. The van der Waals surface area contributed by atoms with Crippen molar-refractivity contribution in [1.82, 2.24) is 0 Å². The van der Waals surface area contributed by atoms with Gasteiger partial charge in [0.2, 0.25) is 0 Å². The van der Waals surface area contributed by atoms with Gasteiger partial charge in [0.05, 0.1) is 0 Å². The Balaban J connectivity index is -0.000000306.